The third kappa shape index (κ3) is 3.62. The Hall–Kier alpha value is -3.87. The Morgan fingerprint density at radius 1 is 1.21 bits per heavy atom. The largest absolute Gasteiger partial charge is 0.414 e. The maximum atomic E-state index is 6.07. The van der Waals surface area contributed by atoms with Crippen LogP contribution in [0, 0.1) is 0 Å². The van der Waals surface area contributed by atoms with Gasteiger partial charge in [-0.25, -0.2) is 9.97 Å². The van der Waals surface area contributed by atoms with E-state index in [9.17, 15) is 0 Å². The van der Waals surface area contributed by atoms with E-state index in [2.05, 4.69) is 44.0 Å². The number of aromatic nitrogens is 4. The highest BCUT2D eigenvalue weighted by molar-refractivity contribution is 5.82. The van der Waals surface area contributed by atoms with E-state index >= 15 is 0 Å². The van der Waals surface area contributed by atoms with Crippen molar-refractivity contribution in [1.29, 1.82) is 0 Å². The first-order valence-electron chi connectivity index (χ1n) is 9.27. The number of aliphatic imine (C=N–C) groups is 1. The predicted molar refractivity (Wildman–Crippen MR) is 115 cm³/mol. The van der Waals surface area contributed by atoms with E-state index in [1.54, 1.807) is 6.20 Å². The minimum Gasteiger partial charge on any atom is -0.414 e. The predicted octanol–water partition coefficient (Wildman–Crippen LogP) is 4.87. The minimum absolute atomic E-state index is 0.225. The van der Waals surface area contributed by atoms with E-state index < -0.39 is 0 Å². The zero-order chi connectivity index (χ0) is 20.2. The molecule has 0 unspecified atom stereocenters. The summed E-state index contributed by atoms with van der Waals surface area (Å²) < 4.78 is 5.84. The molecule has 0 amide bonds. The SMILES string of the molecule is C=Nc1cccc(-c2cnc(N)c(-c3nnc(C4=CCCC=C4)o3)n2)c1/C=C\C. The molecule has 1 aromatic carbocycles. The van der Waals surface area contributed by atoms with Gasteiger partial charge in [-0.1, -0.05) is 42.5 Å². The Labute approximate surface area is 168 Å². The zero-order valence-electron chi connectivity index (χ0n) is 16.0. The minimum atomic E-state index is 0.225. The molecule has 2 aromatic heterocycles. The number of allylic oxidation sites excluding steroid dienone is 5. The van der Waals surface area contributed by atoms with Gasteiger partial charge in [0, 0.05) is 16.7 Å². The second-order valence-corrected chi connectivity index (χ2v) is 6.44. The van der Waals surface area contributed by atoms with Gasteiger partial charge in [-0.3, -0.25) is 4.99 Å². The lowest BCUT2D eigenvalue weighted by Crippen LogP contribution is -2.00. The van der Waals surface area contributed by atoms with Gasteiger partial charge in [0.2, 0.25) is 5.89 Å². The van der Waals surface area contributed by atoms with E-state index in [0.717, 1.165) is 35.2 Å². The molecule has 4 rings (SSSR count). The van der Waals surface area contributed by atoms with Gasteiger partial charge in [-0.2, -0.15) is 0 Å². The summed E-state index contributed by atoms with van der Waals surface area (Å²) in [6.07, 6.45) is 13.6. The maximum absolute atomic E-state index is 6.07. The molecule has 144 valence electrons. The van der Waals surface area contributed by atoms with Crippen molar-refractivity contribution in [3.63, 3.8) is 0 Å². The normalized spacial score (nSPS) is 13.6. The van der Waals surface area contributed by atoms with Crippen LogP contribution in [0.5, 0.6) is 0 Å². The first-order chi connectivity index (χ1) is 14.2. The van der Waals surface area contributed by atoms with Crippen LogP contribution in [-0.2, 0) is 0 Å². The van der Waals surface area contributed by atoms with E-state index in [1.807, 2.05) is 43.4 Å². The van der Waals surface area contributed by atoms with Crippen LogP contribution >= 0.6 is 0 Å². The number of anilines is 1. The van der Waals surface area contributed by atoms with Gasteiger partial charge in [-0.15, -0.1) is 10.2 Å². The van der Waals surface area contributed by atoms with Crippen molar-refractivity contribution in [2.75, 3.05) is 5.73 Å². The molecule has 0 saturated carbocycles. The van der Waals surface area contributed by atoms with Crippen molar-refractivity contribution < 1.29 is 4.42 Å². The van der Waals surface area contributed by atoms with Crippen LogP contribution in [0.4, 0.5) is 11.5 Å². The van der Waals surface area contributed by atoms with Gasteiger partial charge in [0.25, 0.3) is 5.89 Å². The van der Waals surface area contributed by atoms with Gasteiger partial charge in [0.05, 0.1) is 17.6 Å². The highest BCUT2D eigenvalue weighted by Gasteiger charge is 2.18. The fraction of sp³-hybridized carbons (Fsp3) is 0.136. The Balaban J connectivity index is 1.79. The number of nitrogen functional groups attached to an aromatic ring is 1. The quantitative estimate of drug-likeness (QED) is 0.629. The maximum Gasteiger partial charge on any atom is 0.270 e. The molecule has 0 atom stereocenters. The average Bonchev–Trinajstić information content (AvgIpc) is 3.25. The molecule has 3 aromatic rings. The van der Waals surface area contributed by atoms with Gasteiger partial charge in [-0.05, 0) is 32.5 Å². The zero-order valence-corrected chi connectivity index (χ0v) is 16.0. The van der Waals surface area contributed by atoms with Crippen molar-refractivity contribution in [3.05, 3.63) is 60.2 Å². The molecule has 29 heavy (non-hydrogen) atoms. The second kappa shape index (κ2) is 8.02. The lowest BCUT2D eigenvalue weighted by Gasteiger charge is -2.10. The van der Waals surface area contributed by atoms with E-state index in [4.69, 9.17) is 10.2 Å². The molecule has 1 aliphatic carbocycles. The first kappa shape index (κ1) is 18.5. The van der Waals surface area contributed by atoms with Crippen molar-refractivity contribution >= 4 is 29.9 Å². The first-order valence-corrected chi connectivity index (χ1v) is 9.27. The molecular formula is C22H20N6O. The average molecular weight is 384 g/mol. The van der Waals surface area contributed by atoms with E-state index in [0.29, 0.717) is 17.3 Å². The molecule has 7 nitrogen and oxygen atoms in total. The fourth-order valence-electron chi connectivity index (χ4n) is 3.15. The standard InChI is InChI=1S/C22H20N6O/c1-3-8-15-16(11-7-12-17(15)24-2)18-13-25-20(23)19(26-18)22-28-27-21(29-22)14-9-5-4-6-10-14/h3,5,7-13H,2,4,6H2,1H3,(H2,23,25)/b8-3-. The summed E-state index contributed by atoms with van der Waals surface area (Å²) in [7, 11) is 0. The monoisotopic (exact) mass is 384 g/mol. The van der Waals surface area contributed by atoms with Crippen LogP contribution in [0.1, 0.15) is 31.2 Å². The molecule has 0 aliphatic heterocycles. The van der Waals surface area contributed by atoms with E-state index in [1.165, 1.54) is 0 Å². The number of nitrogens with zero attached hydrogens (tertiary/aromatic N) is 5. The summed E-state index contributed by atoms with van der Waals surface area (Å²) in [5, 5.41) is 8.27. The van der Waals surface area contributed by atoms with Crippen molar-refractivity contribution in [2.24, 2.45) is 4.99 Å². The summed E-state index contributed by atoms with van der Waals surface area (Å²) in [4.78, 5) is 13.1. The van der Waals surface area contributed by atoms with Crippen molar-refractivity contribution in [1.82, 2.24) is 20.2 Å². The molecule has 0 radical (unpaired) electrons. The Morgan fingerprint density at radius 3 is 2.83 bits per heavy atom. The summed E-state index contributed by atoms with van der Waals surface area (Å²) in [6, 6.07) is 5.74. The summed E-state index contributed by atoms with van der Waals surface area (Å²) in [5.41, 5.74) is 10.5. The Kier molecular flexibility index (Phi) is 5.11. The number of nitrogens with two attached hydrogens (primary N) is 1. The van der Waals surface area contributed by atoms with Crippen LogP contribution in [-0.4, -0.2) is 26.9 Å². The molecule has 0 saturated heterocycles. The molecule has 7 heteroatoms. The fourth-order valence-corrected chi connectivity index (χ4v) is 3.15. The lowest BCUT2D eigenvalue weighted by atomic mass is 10.0. The highest BCUT2D eigenvalue weighted by Crippen LogP contribution is 2.33. The number of hydrogen-bond donors (Lipinski definition) is 1. The molecule has 0 spiro atoms. The molecule has 0 fully saturated rings. The van der Waals surface area contributed by atoms with Gasteiger partial charge in [0.1, 0.15) is 0 Å². The lowest BCUT2D eigenvalue weighted by molar-refractivity contribution is 0.552. The topological polar surface area (TPSA) is 103 Å². The molecule has 1 aliphatic rings. The van der Waals surface area contributed by atoms with Crippen LogP contribution in [0.2, 0.25) is 0 Å². The Morgan fingerprint density at radius 2 is 2.07 bits per heavy atom. The van der Waals surface area contributed by atoms with Crippen LogP contribution in [0.15, 0.2) is 58.1 Å². The Bertz CT molecular complexity index is 1160. The second-order valence-electron chi connectivity index (χ2n) is 6.44. The van der Waals surface area contributed by atoms with Crippen LogP contribution in [0.3, 0.4) is 0 Å². The number of rotatable bonds is 5. The number of hydrogen-bond acceptors (Lipinski definition) is 7. The summed E-state index contributed by atoms with van der Waals surface area (Å²) in [5.74, 6) is 0.898. The third-order valence-electron chi connectivity index (χ3n) is 4.53. The molecule has 2 heterocycles. The number of benzene rings is 1. The van der Waals surface area contributed by atoms with Crippen LogP contribution < -0.4 is 5.73 Å². The molecule has 0 bridgehead atoms. The van der Waals surface area contributed by atoms with Crippen LogP contribution in [0.25, 0.3) is 34.5 Å². The van der Waals surface area contributed by atoms with Gasteiger partial charge in [0.15, 0.2) is 11.5 Å². The van der Waals surface area contributed by atoms with E-state index in [-0.39, 0.29) is 11.7 Å². The summed E-state index contributed by atoms with van der Waals surface area (Å²) >= 11 is 0. The van der Waals surface area contributed by atoms with Crippen molar-refractivity contribution in [2.45, 2.75) is 19.8 Å². The summed E-state index contributed by atoms with van der Waals surface area (Å²) in [6.45, 7) is 5.59. The van der Waals surface area contributed by atoms with Gasteiger partial charge >= 0.3 is 0 Å². The molecule has 2 N–H and O–H groups in total. The smallest absolute Gasteiger partial charge is 0.270 e. The third-order valence-corrected chi connectivity index (χ3v) is 4.53. The highest BCUT2D eigenvalue weighted by atomic mass is 16.4. The van der Waals surface area contributed by atoms with Gasteiger partial charge < -0.3 is 10.2 Å². The molecular weight excluding hydrogens is 364 g/mol. The van der Waals surface area contributed by atoms with Crippen molar-refractivity contribution in [3.8, 4) is 22.8 Å².